The average molecular weight is 377 g/mol. The van der Waals surface area contributed by atoms with Crippen molar-refractivity contribution >= 4 is 5.97 Å². The number of carbonyl (C=O) groups excluding carboxylic acids is 1. The molecule has 3 saturated carbocycles. The molecule has 0 aromatic heterocycles. The van der Waals surface area contributed by atoms with Crippen LogP contribution in [0.3, 0.4) is 0 Å². The first-order chi connectivity index (χ1) is 12.9. The van der Waals surface area contributed by atoms with Crippen LogP contribution >= 0.6 is 0 Å². The van der Waals surface area contributed by atoms with Gasteiger partial charge in [-0.1, -0.05) is 18.6 Å². The first-order valence-electron chi connectivity index (χ1n) is 11.0. The third-order valence-electron chi connectivity index (χ3n) is 8.48. The van der Waals surface area contributed by atoms with Gasteiger partial charge in [0.1, 0.15) is 6.10 Å². The molecule has 4 rings (SSSR count). The molecule has 0 heterocycles. The second-order valence-electron chi connectivity index (χ2n) is 9.45. The first kappa shape index (κ1) is 19.4. The highest BCUT2D eigenvalue weighted by Gasteiger charge is 2.64. The molecule has 0 amide bonds. The lowest BCUT2D eigenvalue weighted by Crippen LogP contribution is -2.54. The van der Waals surface area contributed by atoms with E-state index in [1.54, 1.807) is 5.57 Å². The lowest BCUT2D eigenvalue weighted by molar-refractivity contribution is -0.286. The lowest BCUT2D eigenvalue weighted by atomic mass is 9.52. The molecule has 0 aromatic carbocycles. The van der Waals surface area contributed by atoms with Gasteiger partial charge in [0.05, 0.1) is 0 Å². The Labute approximate surface area is 164 Å². The quantitative estimate of drug-likeness (QED) is 0.399. The third kappa shape index (κ3) is 2.98. The van der Waals surface area contributed by atoms with E-state index < -0.39 is 5.79 Å². The smallest absolute Gasteiger partial charge is 0.302 e. The van der Waals surface area contributed by atoms with E-state index in [-0.39, 0.29) is 17.5 Å². The van der Waals surface area contributed by atoms with Gasteiger partial charge >= 0.3 is 5.97 Å². The monoisotopic (exact) mass is 376 g/mol. The molecule has 0 bridgehead atoms. The first-order valence-corrected chi connectivity index (χ1v) is 11.0. The lowest BCUT2D eigenvalue weighted by Gasteiger charge is -2.55. The molecular weight excluding hydrogens is 340 g/mol. The summed E-state index contributed by atoms with van der Waals surface area (Å²) in [5, 5.41) is 0. The summed E-state index contributed by atoms with van der Waals surface area (Å²) in [7, 11) is 1.84. The summed E-state index contributed by atoms with van der Waals surface area (Å²) >= 11 is 0. The van der Waals surface area contributed by atoms with Gasteiger partial charge in [0.2, 0.25) is 0 Å². The zero-order chi connectivity index (χ0) is 19.2. The van der Waals surface area contributed by atoms with Crippen molar-refractivity contribution in [3.05, 3.63) is 11.6 Å². The predicted octanol–water partition coefficient (Wildman–Crippen LogP) is 4.87. The molecule has 4 aliphatic rings. The molecule has 0 spiro atoms. The standard InChI is InChI=1S/C23H36O4/c1-5-26-23(25-4)13-11-21-20-8-6-16-14-17(27-15(2)24)7-9-18(16)19(20)10-12-22(21,23)3/h6,17-21H,5,7-14H2,1-4H3. The van der Waals surface area contributed by atoms with Crippen LogP contribution in [0.4, 0.5) is 0 Å². The zero-order valence-corrected chi connectivity index (χ0v) is 17.5. The summed E-state index contributed by atoms with van der Waals surface area (Å²) < 4.78 is 17.8. The number of esters is 1. The maximum absolute atomic E-state index is 11.3. The maximum atomic E-state index is 11.3. The van der Waals surface area contributed by atoms with Crippen LogP contribution in [-0.4, -0.2) is 31.6 Å². The van der Waals surface area contributed by atoms with Crippen LogP contribution in [0.2, 0.25) is 0 Å². The molecule has 4 heteroatoms. The molecule has 0 aliphatic heterocycles. The maximum Gasteiger partial charge on any atom is 0.302 e. The van der Waals surface area contributed by atoms with E-state index in [4.69, 9.17) is 14.2 Å². The fourth-order valence-electron chi connectivity index (χ4n) is 7.39. The van der Waals surface area contributed by atoms with Gasteiger partial charge in [-0.15, -0.1) is 0 Å². The number of carbonyl (C=O) groups is 1. The molecule has 7 atom stereocenters. The van der Waals surface area contributed by atoms with Gasteiger partial charge in [0.25, 0.3) is 0 Å². The molecule has 4 nitrogen and oxygen atoms in total. The van der Waals surface area contributed by atoms with Crippen LogP contribution in [0.1, 0.15) is 72.1 Å². The van der Waals surface area contributed by atoms with Gasteiger partial charge in [-0.2, -0.15) is 0 Å². The molecule has 3 fully saturated rings. The van der Waals surface area contributed by atoms with E-state index in [1.165, 1.54) is 39.0 Å². The third-order valence-corrected chi connectivity index (χ3v) is 8.48. The molecule has 0 aromatic rings. The summed E-state index contributed by atoms with van der Waals surface area (Å²) in [5.41, 5.74) is 1.69. The van der Waals surface area contributed by atoms with Crippen molar-refractivity contribution in [3.8, 4) is 0 Å². The van der Waals surface area contributed by atoms with Gasteiger partial charge in [-0.05, 0) is 69.1 Å². The minimum Gasteiger partial charge on any atom is -0.462 e. The van der Waals surface area contributed by atoms with Crippen molar-refractivity contribution in [2.75, 3.05) is 13.7 Å². The molecule has 152 valence electrons. The van der Waals surface area contributed by atoms with Crippen LogP contribution in [0.5, 0.6) is 0 Å². The van der Waals surface area contributed by atoms with Gasteiger partial charge in [0.15, 0.2) is 5.79 Å². The van der Waals surface area contributed by atoms with Crippen LogP contribution < -0.4 is 0 Å². The van der Waals surface area contributed by atoms with E-state index in [0.717, 1.165) is 31.1 Å². The van der Waals surface area contributed by atoms with Crippen molar-refractivity contribution in [1.82, 2.24) is 0 Å². The number of methoxy groups -OCH3 is 1. The molecule has 4 aliphatic carbocycles. The number of fused-ring (bicyclic) bond motifs is 5. The zero-order valence-electron chi connectivity index (χ0n) is 17.5. The summed E-state index contributed by atoms with van der Waals surface area (Å²) in [5.74, 6) is 2.39. The normalized spacial score (nSPS) is 46.1. The molecular formula is C23H36O4. The summed E-state index contributed by atoms with van der Waals surface area (Å²) in [6, 6.07) is 0. The fourth-order valence-corrected chi connectivity index (χ4v) is 7.39. The minimum absolute atomic E-state index is 0.0981. The van der Waals surface area contributed by atoms with Crippen LogP contribution in [0.25, 0.3) is 0 Å². The van der Waals surface area contributed by atoms with Crippen molar-refractivity contribution in [3.63, 3.8) is 0 Å². The second kappa shape index (κ2) is 7.18. The van der Waals surface area contributed by atoms with Gasteiger partial charge in [-0.25, -0.2) is 0 Å². The molecule has 0 saturated heterocycles. The van der Waals surface area contributed by atoms with Crippen LogP contribution in [0, 0.1) is 29.1 Å². The topological polar surface area (TPSA) is 44.8 Å². The molecule has 7 unspecified atom stereocenters. The van der Waals surface area contributed by atoms with Crippen molar-refractivity contribution in [2.24, 2.45) is 29.1 Å². The van der Waals surface area contributed by atoms with Gasteiger partial charge in [0, 0.05) is 38.9 Å². The minimum atomic E-state index is -0.394. The molecule has 0 N–H and O–H groups in total. The van der Waals surface area contributed by atoms with Crippen LogP contribution in [0.15, 0.2) is 11.6 Å². The Bertz CT molecular complexity index is 613. The summed E-state index contributed by atoms with van der Waals surface area (Å²) in [4.78, 5) is 11.3. The molecule has 0 radical (unpaired) electrons. The Morgan fingerprint density at radius 2 is 2.00 bits per heavy atom. The molecule has 27 heavy (non-hydrogen) atoms. The highest BCUT2D eigenvalue weighted by atomic mass is 16.7. The van der Waals surface area contributed by atoms with Crippen LogP contribution in [-0.2, 0) is 19.0 Å². The highest BCUT2D eigenvalue weighted by Crippen LogP contribution is 2.65. The summed E-state index contributed by atoms with van der Waals surface area (Å²) in [6.45, 7) is 6.76. The largest absolute Gasteiger partial charge is 0.462 e. The highest BCUT2D eigenvalue weighted by molar-refractivity contribution is 5.66. The van der Waals surface area contributed by atoms with Crippen molar-refractivity contribution in [1.29, 1.82) is 0 Å². The van der Waals surface area contributed by atoms with E-state index in [1.807, 2.05) is 7.11 Å². The number of hydrogen-bond donors (Lipinski definition) is 0. The Balaban J connectivity index is 1.54. The Morgan fingerprint density at radius 3 is 2.70 bits per heavy atom. The van der Waals surface area contributed by atoms with Crippen molar-refractivity contribution < 1.29 is 19.0 Å². The Kier molecular flexibility index (Phi) is 5.17. The second-order valence-corrected chi connectivity index (χ2v) is 9.45. The SMILES string of the molecule is CCOC1(OC)CCC2C3CC=C4CC(OC(C)=O)CCC4C3CCC21C. The van der Waals surface area contributed by atoms with Gasteiger partial charge < -0.3 is 14.2 Å². The Morgan fingerprint density at radius 1 is 1.19 bits per heavy atom. The van der Waals surface area contributed by atoms with Crippen molar-refractivity contribution in [2.45, 2.75) is 84.0 Å². The Hall–Kier alpha value is -0.870. The van der Waals surface area contributed by atoms with Gasteiger partial charge in [-0.3, -0.25) is 4.79 Å². The summed E-state index contributed by atoms with van der Waals surface area (Å²) in [6.07, 6.45) is 11.6. The number of rotatable bonds is 4. The number of hydrogen-bond acceptors (Lipinski definition) is 4. The fraction of sp³-hybridized carbons (Fsp3) is 0.870. The number of ether oxygens (including phenoxy) is 3. The van der Waals surface area contributed by atoms with E-state index >= 15 is 0 Å². The van der Waals surface area contributed by atoms with E-state index in [9.17, 15) is 4.79 Å². The number of allylic oxidation sites excluding steroid dienone is 1. The predicted molar refractivity (Wildman–Crippen MR) is 104 cm³/mol. The average Bonchev–Trinajstić information content (AvgIpc) is 2.94. The van der Waals surface area contributed by atoms with E-state index in [2.05, 4.69) is 19.9 Å². The van der Waals surface area contributed by atoms with E-state index in [0.29, 0.717) is 18.4 Å².